The smallest absolute Gasteiger partial charge is 0.173 e. The quantitative estimate of drug-likeness (QED) is 0.750. The van der Waals surface area contributed by atoms with Crippen LogP contribution in [-0.2, 0) is 5.41 Å². The third-order valence-electron chi connectivity index (χ3n) is 3.57. The Kier molecular flexibility index (Phi) is 2.17. The molecule has 3 N–H and O–H groups in total. The van der Waals surface area contributed by atoms with Gasteiger partial charge in [-0.2, -0.15) is 0 Å². The number of nitrogens with two attached hydrogens (primary N) is 1. The second-order valence-corrected chi connectivity index (χ2v) is 5.17. The highest BCUT2D eigenvalue weighted by Gasteiger charge is 2.41. The lowest BCUT2D eigenvalue weighted by molar-refractivity contribution is 0.0906. The lowest BCUT2D eigenvalue weighted by atomic mass is 9.71. The molecule has 1 aromatic carbocycles. The van der Waals surface area contributed by atoms with Crippen LogP contribution in [0.15, 0.2) is 24.5 Å². The Hall–Kier alpha value is -2.43. The van der Waals surface area contributed by atoms with Crippen LogP contribution in [0.3, 0.4) is 0 Å². The van der Waals surface area contributed by atoms with Crippen LogP contribution in [0.1, 0.15) is 29.8 Å². The van der Waals surface area contributed by atoms with Crippen molar-refractivity contribution in [3.63, 3.8) is 0 Å². The number of aromatic nitrogens is 2. The molecule has 1 heterocycles. The molecule has 1 aromatic heterocycles. The summed E-state index contributed by atoms with van der Waals surface area (Å²) in [5.41, 5.74) is 7.57. The van der Waals surface area contributed by atoms with Crippen LogP contribution >= 0.6 is 0 Å². The van der Waals surface area contributed by atoms with Crippen molar-refractivity contribution >= 4 is 11.6 Å². The highest BCUT2D eigenvalue weighted by Crippen LogP contribution is 2.44. The van der Waals surface area contributed by atoms with Crippen molar-refractivity contribution in [1.29, 1.82) is 0 Å². The summed E-state index contributed by atoms with van der Waals surface area (Å²) < 4.78 is 0. The molecule has 0 amide bonds. The Morgan fingerprint density at radius 1 is 1.21 bits per heavy atom. The molecule has 96 valence electrons. The van der Waals surface area contributed by atoms with E-state index in [0.717, 1.165) is 0 Å². The maximum absolute atomic E-state index is 12.6. The van der Waals surface area contributed by atoms with Crippen LogP contribution < -0.4 is 5.73 Å². The first kappa shape index (κ1) is 11.6. The first-order valence-electron chi connectivity index (χ1n) is 5.92. The number of benzene rings is 1. The van der Waals surface area contributed by atoms with Crippen LogP contribution in [-0.4, -0.2) is 20.9 Å². The maximum atomic E-state index is 12.6. The number of hydrogen-bond acceptors (Lipinski definition) is 5. The first-order valence-corrected chi connectivity index (χ1v) is 5.92. The summed E-state index contributed by atoms with van der Waals surface area (Å²) in [6, 6.07) is 4.69. The van der Waals surface area contributed by atoms with Crippen molar-refractivity contribution in [3.05, 3.63) is 35.7 Å². The largest absolute Gasteiger partial charge is 0.508 e. The van der Waals surface area contributed by atoms with E-state index in [4.69, 9.17) is 5.73 Å². The van der Waals surface area contributed by atoms with Gasteiger partial charge in [0.15, 0.2) is 5.78 Å². The van der Waals surface area contributed by atoms with E-state index in [0.29, 0.717) is 28.2 Å². The number of Topliss-reactive ketones (excluding diaryl/α,β-unsaturated/α-hetero) is 1. The number of hydrogen-bond donors (Lipinski definition) is 2. The topological polar surface area (TPSA) is 89.1 Å². The molecule has 1 aliphatic carbocycles. The lowest BCUT2D eigenvalue weighted by Crippen LogP contribution is -2.35. The molecule has 0 spiro atoms. The summed E-state index contributed by atoms with van der Waals surface area (Å²) in [5, 5.41) is 9.57. The summed E-state index contributed by atoms with van der Waals surface area (Å²) in [4.78, 5) is 20.8. The molecule has 1 aliphatic rings. The van der Waals surface area contributed by atoms with Crippen molar-refractivity contribution in [1.82, 2.24) is 9.97 Å². The number of fused-ring (bicyclic) bond motifs is 3. The van der Waals surface area contributed by atoms with Crippen LogP contribution in [0.25, 0.3) is 11.3 Å². The van der Waals surface area contributed by atoms with Crippen molar-refractivity contribution < 1.29 is 9.90 Å². The number of nitrogens with zero attached hydrogens (tertiary/aromatic N) is 2. The van der Waals surface area contributed by atoms with E-state index in [1.54, 1.807) is 19.9 Å². The third kappa shape index (κ3) is 1.44. The number of aromatic hydroxyl groups is 1. The SMILES string of the molecule is CC1(C)C(=O)c2cc(O)ccc2-c2ncnc(N)c21. The maximum Gasteiger partial charge on any atom is 0.173 e. The van der Waals surface area contributed by atoms with Crippen molar-refractivity contribution in [3.8, 4) is 17.0 Å². The minimum absolute atomic E-state index is 0.0633. The number of carbonyl (C=O) groups is 1. The van der Waals surface area contributed by atoms with Gasteiger partial charge in [0.2, 0.25) is 0 Å². The number of phenolic OH excluding ortho intramolecular Hbond substituents is 1. The summed E-state index contributed by atoms with van der Waals surface area (Å²) in [6.07, 6.45) is 1.39. The Morgan fingerprint density at radius 3 is 2.68 bits per heavy atom. The minimum Gasteiger partial charge on any atom is -0.508 e. The van der Waals surface area contributed by atoms with E-state index < -0.39 is 5.41 Å². The zero-order chi connectivity index (χ0) is 13.8. The Labute approximate surface area is 110 Å². The second kappa shape index (κ2) is 3.54. The number of carbonyl (C=O) groups excluding carboxylic acids is 1. The number of nitrogen functional groups attached to an aromatic ring is 1. The van der Waals surface area contributed by atoms with E-state index in [1.165, 1.54) is 18.5 Å². The molecule has 0 saturated carbocycles. The van der Waals surface area contributed by atoms with Gasteiger partial charge in [0.05, 0.1) is 11.1 Å². The standard InChI is InChI=1S/C14H13N3O2/c1-14(2)10-11(16-6-17-13(10)15)8-4-3-7(18)5-9(8)12(14)19/h3-6,18H,1-2H3,(H2,15,16,17). The predicted octanol–water partition coefficient (Wildman–Crippen LogP) is 1.91. The van der Waals surface area contributed by atoms with Gasteiger partial charge in [-0.25, -0.2) is 9.97 Å². The second-order valence-electron chi connectivity index (χ2n) is 5.17. The molecule has 2 aromatic rings. The molecule has 19 heavy (non-hydrogen) atoms. The summed E-state index contributed by atoms with van der Waals surface area (Å²) >= 11 is 0. The Morgan fingerprint density at radius 2 is 1.95 bits per heavy atom. The Bertz CT molecular complexity index is 708. The van der Waals surface area contributed by atoms with Gasteiger partial charge in [0, 0.05) is 16.7 Å². The fraction of sp³-hybridized carbons (Fsp3) is 0.214. The van der Waals surface area contributed by atoms with E-state index in [9.17, 15) is 9.90 Å². The average Bonchev–Trinajstić information content (AvgIpc) is 2.36. The van der Waals surface area contributed by atoms with Crippen LogP contribution in [0.2, 0.25) is 0 Å². The monoisotopic (exact) mass is 255 g/mol. The fourth-order valence-electron chi connectivity index (χ4n) is 2.60. The highest BCUT2D eigenvalue weighted by atomic mass is 16.3. The zero-order valence-corrected chi connectivity index (χ0v) is 10.6. The fourth-order valence-corrected chi connectivity index (χ4v) is 2.60. The highest BCUT2D eigenvalue weighted by molar-refractivity contribution is 6.12. The van der Waals surface area contributed by atoms with Gasteiger partial charge in [0.1, 0.15) is 17.9 Å². The number of ketones is 1. The molecule has 3 rings (SSSR count). The van der Waals surface area contributed by atoms with Gasteiger partial charge in [-0.05, 0) is 32.0 Å². The van der Waals surface area contributed by atoms with E-state index in [1.807, 2.05) is 0 Å². The molecular weight excluding hydrogens is 242 g/mol. The molecule has 0 fully saturated rings. The molecule has 0 bridgehead atoms. The van der Waals surface area contributed by atoms with Crippen molar-refractivity contribution in [2.75, 3.05) is 5.73 Å². The summed E-state index contributed by atoms with van der Waals surface area (Å²) in [6.45, 7) is 3.59. The molecule has 0 aliphatic heterocycles. The number of anilines is 1. The molecule has 0 radical (unpaired) electrons. The molecule has 0 unspecified atom stereocenters. The van der Waals surface area contributed by atoms with E-state index >= 15 is 0 Å². The molecule has 5 heteroatoms. The Balaban J connectivity index is 2.44. The van der Waals surface area contributed by atoms with E-state index in [-0.39, 0.29) is 11.5 Å². The molecular formula is C14H13N3O2. The van der Waals surface area contributed by atoms with Crippen LogP contribution in [0, 0.1) is 0 Å². The van der Waals surface area contributed by atoms with Crippen molar-refractivity contribution in [2.45, 2.75) is 19.3 Å². The zero-order valence-electron chi connectivity index (χ0n) is 10.6. The predicted molar refractivity (Wildman–Crippen MR) is 70.9 cm³/mol. The average molecular weight is 255 g/mol. The minimum atomic E-state index is -0.804. The summed E-state index contributed by atoms with van der Waals surface area (Å²) in [5.74, 6) is 0.294. The normalized spacial score (nSPS) is 15.8. The van der Waals surface area contributed by atoms with E-state index in [2.05, 4.69) is 9.97 Å². The molecule has 5 nitrogen and oxygen atoms in total. The van der Waals surface area contributed by atoms with Crippen LogP contribution in [0.4, 0.5) is 5.82 Å². The summed E-state index contributed by atoms with van der Waals surface area (Å²) in [7, 11) is 0. The van der Waals surface area contributed by atoms with Crippen LogP contribution in [0.5, 0.6) is 5.75 Å². The van der Waals surface area contributed by atoms with Gasteiger partial charge in [-0.3, -0.25) is 4.79 Å². The first-order chi connectivity index (χ1) is 8.93. The third-order valence-corrected chi connectivity index (χ3v) is 3.57. The van der Waals surface area contributed by atoms with Crippen molar-refractivity contribution in [2.24, 2.45) is 0 Å². The van der Waals surface area contributed by atoms with Gasteiger partial charge in [-0.1, -0.05) is 0 Å². The number of rotatable bonds is 0. The lowest BCUT2D eigenvalue weighted by Gasteiger charge is -2.32. The van der Waals surface area contributed by atoms with Gasteiger partial charge < -0.3 is 10.8 Å². The molecule has 0 atom stereocenters. The number of phenols is 1. The van der Waals surface area contributed by atoms with Gasteiger partial charge in [0.25, 0.3) is 0 Å². The molecule has 0 saturated heterocycles. The van der Waals surface area contributed by atoms with Gasteiger partial charge in [-0.15, -0.1) is 0 Å². The van der Waals surface area contributed by atoms with Gasteiger partial charge >= 0.3 is 0 Å².